The van der Waals surface area contributed by atoms with E-state index in [1.54, 1.807) is 7.11 Å². The van der Waals surface area contributed by atoms with Crippen molar-refractivity contribution in [2.45, 2.75) is 12.8 Å². The van der Waals surface area contributed by atoms with Gasteiger partial charge in [0.2, 0.25) is 0 Å². The maximum Gasteiger partial charge on any atom is 0.0700 e. The Kier molecular flexibility index (Phi) is 3.01. The maximum absolute atomic E-state index is 5.27. The number of rotatable bonds is 5. The van der Waals surface area contributed by atoms with Crippen LogP contribution < -0.4 is 0 Å². The average Bonchev–Trinajstić information content (AvgIpc) is 2.63. The molecule has 0 saturated heterocycles. The summed E-state index contributed by atoms with van der Waals surface area (Å²) in [6.07, 6.45) is 2.74. The van der Waals surface area contributed by atoms with E-state index in [0.717, 1.165) is 25.7 Å². The van der Waals surface area contributed by atoms with Crippen LogP contribution in [0.5, 0.6) is 0 Å². The molecule has 0 aliphatic heterocycles. The predicted molar refractivity (Wildman–Crippen MR) is 35.4 cm³/mol. The Morgan fingerprint density at radius 2 is 2.11 bits per heavy atom. The first-order valence-corrected chi connectivity index (χ1v) is 3.50. The molecule has 1 rings (SSSR count). The van der Waals surface area contributed by atoms with E-state index in [4.69, 9.17) is 9.47 Å². The Hall–Kier alpha value is -0.0800. The van der Waals surface area contributed by atoms with E-state index < -0.39 is 0 Å². The predicted octanol–water partition coefficient (Wildman–Crippen LogP) is 1.06. The standard InChI is InChI=1S/C7H14O2/c1-8-4-5-9-6-7-2-3-7/h7H,2-6H2,1H3. The molecule has 1 aliphatic rings. The van der Waals surface area contributed by atoms with Gasteiger partial charge in [0.1, 0.15) is 0 Å². The molecule has 0 amide bonds. The van der Waals surface area contributed by atoms with Crippen LogP contribution in [-0.2, 0) is 9.47 Å². The van der Waals surface area contributed by atoms with E-state index in [0.29, 0.717) is 0 Å². The van der Waals surface area contributed by atoms with Crippen LogP contribution in [0.15, 0.2) is 0 Å². The van der Waals surface area contributed by atoms with Crippen molar-refractivity contribution in [2.24, 2.45) is 5.92 Å². The Morgan fingerprint density at radius 1 is 1.33 bits per heavy atom. The zero-order valence-corrected chi connectivity index (χ0v) is 5.93. The van der Waals surface area contributed by atoms with Crippen LogP contribution in [0.4, 0.5) is 0 Å². The number of methoxy groups -OCH3 is 1. The highest BCUT2D eigenvalue weighted by atomic mass is 16.5. The molecular formula is C7H14O2. The molecule has 0 aromatic carbocycles. The molecule has 1 fully saturated rings. The molecule has 1 saturated carbocycles. The minimum atomic E-state index is 0.729. The Morgan fingerprint density at radius 3 is 2.67 bits per heavy atom. The quantitative estimate of drug-likeness (QED) is 0.518. The van der Waals surface area contributed by atoms with Crippen LogP contribution in [-0.4, -0.2) is 26.9 Å². The second kappa shape index (κ2) is 3.85. The lowest BCUT2D eigenvalue weighted by molar-refractivity contribution is 0.0652. The third kappa shape index (κ3) is 3.49. The van der Waals surface area contributed by atoms with E-state index in [1.807, 2.05) is 0 Å². The monoisotopic (exact) mass is 130 g/mol. The van der Waals surface area contributed by atoms with Crippen molar-refractivity contribution >= 4 is 0 Å². The third-order valence-electron chi connectivity index (χ3n) is 1.48. The van der Waals surface area contributed by atoms with Crippen molar-refractivity contribution in [2.75, 3.05) is 26.9 Å². The molecule has 0 unspecified atom stereocenters. The molecule has 0 radical (unpaired) electrons. The Bertz CT molecular complexity index is 69.3. The van der Waals surface area contributed by atoms with E-state index in [9.17, 15) is 0 Å². The Balaban J connectivity index is 1.71. The van der Waals surface area contributed by atoms with Crippen LogP contribution in [0.3, 0.4) is 0 Å². The van der Waals surface area contributed by atoms with Gasteiger partial charge in [-0.2, -0.15) is 0 Å². The first-order valence-electron chi connectivity index (χ1n) is 3.50. The van der Waals surface area contributed by atoms with E-state index in [1.165, 1.54) is 12.8 Å². The van der Waals surface area contributed by atoms with Crippen molar-refractivity contribution in [3.05, 3.63) is 0 Å². The van der Waals surface area contributed by atoms with E-state index >= 15 is 0 Å². The van der Waals surface area contributed by atoms with Crippen LogP contribution >= 0.6 is 0 Å². The minimum Gasteiger partial charge on any atom is -0.382 e. The summed E-state index contributed by atoms with van der Waals surface area (Å²) in [5, 5.41) is 0. The molecule has 2 heteroatoms. The van der Waals surface area contributed by atoms with Crippen LogP contribution in [0.1, 0.15) is 12.8 Å². The summed E-state index contributed by atoms with van der Waals surface area (Å²) in [4.78, 5) is 0. The molecule has 0 atom stereocenters. The molecular weight excluding hydrogens is 116 g/mol. The molecule has 2 nitrogen and oxygen atoms in total. The molecule has 0 heterocycles. The van der Waals surface area contributed by atoms with E-state index in [-0.39, 0.29) is 0 Å². The van der Waals surface area contributed by atoms with Gasteiger partial charge in [-0.15, -0.1) is 0 Å². The molecule has 1 aliphatic carbocycles. The van der Waals surface area contributed by atoms with Gasteiger partial charge >= 0.3 is 0 Å². The SMILES string of the molecule is COCCOCC1CC1. The summed E-state index contributed by atoms with van der Waals surface area (Å²) in [5.74, 6) is 0.877. The summed E-state index contributed by atoms with van der Waals surface area (Å²) < 4.78 is 10.1. The fraction of sp³-hybridized carbons (Fsp3) is 1.00. The fourth-order valence-electron chi connectivity index (χ4n) is 0.677. The second-order valence-electron chi connectivity index (χ2n) is 2.51. The van der Waals surface area contributed by atoms with Gasteiger partial charge in [-0.25, -0.2) is 0 Å². The summed E-state index contributed by atoms with van der Waals surface area (Å²) in [6, 6.07) is 0. The highest BCUT2D eigenvalue weighted by molar-refractivity contribution is 4.71. The minimum absolute atomic E-state index is 0.729. The van der Waals surface area contributed by atoms with Gasteiger partial charge in [-0.05, 0) is 18.8 Å². The molecule has 0 N–H and O–H groups in total. The van der Waals surface area contributed by atoms with Gasteiger partial charge in [0.15, 0.2) is 0 Å². The molecule has 0 bridgehead atoms. The first kappa shape index (κ1) is 7.03. The lowest BCUT2D eigenvalue weighted by atomic mass is 10.5. The van der Waals surface area contributed by atoms with Crippen LogP contribution in [0, 0.1) is 5.92 Å². The van der Waals surface area contributed by atoms with Gasteiger partial charge in [0.25, 0.3) is 0 Å². The molecule has 0 aromatic rings. The van der Waals surface area contributed by atoms with Gasteiger partial charge in [0, 0.05) is 13.7 Å². The van der Waals surface area contributed by atoms with Gasteiger partial charge in [-0.3, -0.25) is 0 Å². The van der Waals surface area contributed by atoms with E-state index in [2.05, 4.69) is 0 Å². The lowest BCUT2D eigenvalue weighted by Gasteiger charge is -1.99. The summed E-state index contributed by atoms with van der Waals surface area (Å²) >= 11 is 0. The number of hydrogen-bond acceptors (Lipinski definition) is 2. The topological polar surface area (TPSA) is 18.5 Å². The lowest BCUT2D eigenvalue weighted by Crippen LogP contribution is -2.03. The highest BCUT2D eigenvalue weighted by Crippen LogP contribution is 2.28. The van der Waals surface area contributed by atoms with Crippen LogP contribution in [0.2, 0.25) is 0 Å². The van der Waals surface area contributed by atoms with Crippen molar-refractivity contribution in [3.63, 3.8) is 0 Å². The zero-order chi connectivity index (χ0) is 6.53. The summed E-state index contributed by atoms with van der Waals surface area (Å²) in [6.45, 7) is 2.43. The van der Waals surface area contributed by atoms with Crippen molar-refractivity contribution in [1.29, 1.82) is 0 Å². The van der Waals surface area contributed by atoms with Gasteiger partial charge < -0.3 is 9.47 Å². The van der Waals surface area contributed by atoms with Crippen molar-refractivity contribution in [3.8, 4) is 0 Å². The first-order chi connectivity index (χ1) is 4.43. The van der Waals surface area contributed by atoms with Gasteiger partial charge in [0.05, 0.1) is 13.2 Å². The number of hydrogen-bond donors (Lipinski definition) is 0. The van der Waals surface area contributed by atoms with Gasteiger partial charge in [-0.1, -0.05) is 0 Å². The van der Waals surface area contributed by atoms with Crippen LogP contribution in [0.25, 0.3) is 0 Å². The summed E-state index contributed by atoms with van der Waals surface area (Å²) in [7, 11) is 1.69. The summed E-state index contributed by atoms with van der Waals surface area (Å²) in [5.41, 5.74) is 0. The largest absolute Gasteiger partial charge is 0.382 e. The zero-order valence-electron chi connectivity index (χ0n) is 5.93. The molecule has 54 valence electrons. The molecule has 9 heavy (non-hydrogen) atoms. The molecule has 0 aromatic heterocycles. The highest BCUT2D eigenvalue weighted by Gasteiger charge is 2.20. The number of ether oxygens (including phenoxy) is 2. The Labute approximate surface area is 56.2 Å². The fourth-order valence-corrected chi connectivity index (χ4v) is 0.677. The van der Waals surface area contributed by atoms with Crippen molar-refractivity contribution in [1.82, 2.24) is 0 Å². The normalized spacial score (nSPS) is 18.3. The maximum atomic E-state index is 5.27. The average molecular weight is 130 g/mol. The smallest absolute Gasteiger partial charge is 0.0700 e. The van der Waals surface area contributed by atoms with Crippen molar-refractivity contribution < 1.29 is 9.47 Å². The third-order valence-corrected chi connectivity index (χ3v) is 1.48. The second-order valence-corrected chi connectivity index (χ2v) is 2.51. The molecule has 0 spiro atoms.